The number of anilines is 1. The Morgan fingerprint density at radius 2 is 1.50 bits per heavy atom. The van der Waals surface area contributed by atoms with E-state index in [4.69, 9.17) is 9.47 Å². The summed E-state index contributed by atoms with van der Waals surface area (Å²) in [6.07, 6.45) is 0.353. The predicted molar refractivity (Wildman–Crippen MR) is 111 cm³/mol. The summed E-state index contributed by atoms with van der Waals surface area (Å²) in [6.45, 7) is 3.32. The van der Waals surface area contributed by atoms with Gasteiger partial charge in [-0.15, -0.1) is 0 Å². The van der Waals surface area contributed by atoms with Gasteiger partial charge in [0, 0.05) is 23.2 Å². The standard InChI is InChI=1S/C22H24N2O6/c1-3-20(26)24-17-9-5-15(6-10-17)19(25)14-30-21(27)13-23-22(28)16-7-11-18(12-8-16)29-4-2/h5-12H,3-4,13-14H2,1-2H3,(H,23,28)(H,24,26). The second kappa shape index (κ2) is 11.4. The van der Waals surface area contributed by atoms with Crippen LogP contribution in [-0.2, 0) is 14.3 Å². The van der Waals surface area contributed by atoms with E-state index in [9.17, 15) is 19.2 Å². The lowest BCUT2D eigenvalue weighted by Gasteiger charge is -2.08. The minimum absolute atomic E-state index is 0.129. The lowest BCUT2D eigenvalue weighted by atomic mass is 10.1. The topological polar surface area (TPSA) is 111 Å². The average Bonchev–Trinajstić information content (AvgIpc) is 2.77. The molecule has 2 N–H and O–H groups in total. The van der Waals surface area contributed by atoms with Gasteiger partial charge in [-0.1, -0.05) is 6.92 Å². The Balaban J connectivity index is 1.76. The van der Waals surface area contributed by atoms with E-state index in [1.54, 1.807) is 43.3 Å². The molecule has 0 bridgehead atoms. The van der Waals surface area contributed by atoms with Crippen molar-refractivity contribution in [2.75, 3.05) is 25.1 Å². The summed E-state index contributed by atoms with van der Waals surface area (Å²) < 4.78 is 10.2. The summed E-state index contributed by atoms with van der Waals surface area (Å²) in [4.78, 5) is 47.3. The van der Waals surface area contributed by atoms with Crippen molar-refractivity contribution in [3.05, 3.63) is 59.7 Å². The third-order valence-corrected chi connectivity index (χ3v) is 4.00. The first-order valence-electron chi connectivity index (χ1n) is 9.52. The van der Waals surface area contributed by atoms with E-state index in [0.717, 1.165) is 0 Å². The van der Waals surface area contributed by atoms with Crippen LogP contribution in [0.3, 0.4) is 0 Å². The third-order valence-electron chi connectivity index (χ3n) is 4.00. The van der Waals surface area contributed by atoms with Crippen LogP contribution in [0.1, 0.15) is 41.0 Å². The third kappa shape index (κ3) is 7.05. The monoisotopic (exact) mass is 412 g/mol. The maximum absolute atomic E-state index is 12.1. The van der Waals surface area contributed by atoms with Gasteiger partial charge in [0.15, 0.2) is 12.4 Å². The van der Waals surface area contributed by atoms with E-state index in [1.807, 2.05) is 6.92 Å². The van der Waals surface area contributed by atoms with Gasteiger partial charge in [-0.25, -0.2) is 0 Å². The fraction of sp³-hybridized carbons (Fsp3) is 0.273. The molecule has 2 rings (SSSR count). The van der Waals surface area contributed by atoms with Gasteiger partial charge in [0.1, 0.15) is 12.3 Å². The highest BCUT2D eigenvalue weighted by Crippen LogP contribution is 2.12. The summed E-state index contributed by atoms with van der Waals surface area (Å²) in [5.74, 6) is -1.04. The van der Waals surface area contributed by atoms with Crippen molar-refractivity contribution >= 4 is 29.3 Å². The summed E-state index contributed by atoms with van der Waals surface area (Å²) in [6, 6.07) is 12.8. The zero-order valence-corrected chi connectivity index (χ0v) is 16.9. The van der Waals surface area contributed by atoms with Crippen molar-refractivity contribution in [1.82, 2.24) is 5.32 Å². The van der Waals surface area contributed by atoms with Crippen LogP contribution in [0, 0.1) is 0 Å². The molecular weight excluding hydrogens is 388 g/mol. The van der Waals surface area contributed by atoms with Gasteiger partial charge < -0.3 is 20.1 Å². The molecule has 0 aromatic heterocycles. The van der Waals surface area contributed by atoms with E-state index in [0.29, 0.717) is 35.6 Å². The lowest BCUT2D eigenvalue weighted by molar-refractivity contribution is -0.141. The molecule has 0 saturated heterocycles. The number of esters is 1. The molecule has 158 valence electrons. The predicted octanol–water partition coefficient (Wildman–Crippen LogP) is 2.59. The van der Waals surface area contributed by atoms with Crippen molar-refractivity contribution in [2.45, 2.75) is 20.3 Å². The first-order chi connectivity index (χ1) is 14.4. The van der Waals surface area contributed by atoms with Crippen LogP contribution in [0.4, 0.5) is 5.69 Å². The number of hydrogen-bond donors (Lipinski definition) is 2. The normalized spacial score (nSPS) is 10.1. The van der Waals surface area contributed by atoms with E-state index < -0.39 is 24.3 Å². The van der Waals surface area contributed by atoms with Gasteiger partial charge in [0.25, 0.3) is 5.91 Å². The van der Waals surface area contributed by atoms with Crippen LogP contribution in [0.15, 0.2) is 48.5 Å². The highest BCUT2D eigenvalue weighted by molar-refractivity contribution is 5.99. The number of ether oxygens (including phenoxy) is 2. The van der Waals surface area contributed by atoms with E-state index >= 15 is 0 Å². The number of amides is 2. The summed E-state index contributed by atoms with van der Waals surface area (Å²) >= 11 is 0. The number of hydrogen-bond acceptors (Lipinski definition) is 6. The molecular formula is C22H24N2O6. The van der Waals surface area contributed by atoms with Gasteiger partial charge >= 0.3 is 5.97 Å². The van der Waals surface area contributed by atoms with Crippen LogP contribution in [-0.4, -0.2) is 43.3 Å². The number of carbonyl (C=O) groups excluding carboxylic acids is 4. The molecule has 2 aromatic carbocycles. The van der Waals surface area contributed by atoms with Crippen LogP contribution in [0.25, 0.3) is 0 Å². The molecule has 0 radical (unpaired) electrons. The van der Waals surface area contributed by atoms with Gasteiger partial charge in [-0.2, -0.15) is 0 Å². The Morgan fingerprint density at radius 1 is 0.867 bits per heavy atom. The number of carbonyl (C=O) groups is 4. The van der Waals surface area contributed by atoms with Gasteiger partial charge in [0.05, 0.1) is 6.61 Å². The van der Waals surface area contributed by atoms with Gasteiger partial charge in [-0.05, 0) is 55.5 Å². The first kappa shape index (κ1) is 22.6. The molecule has 8 nitrogen and oxygen atoms in total. The molecule has 0 aliphatic carbocycles. The summed E-state index contributed by atoms with van der Waals surface area (Å²) in [5, 5.41) is 5.11. The fourth-order valence-corrected chi connectivity index (χ4v) is 2.39. The molecule has 0 heterocycles. The second-order valence-corrected chi connectivity index (χ2v) is 6.20. The van der Waals surface area contributed by atoms with Crippen LogP contribution in [0.5, 0.6) is 5.75 Å². The quantitative estimate of drug-likeness (QED) is 0.458. The average molecular weight is 412 g/mol. The maximum Gasteiger partial charge on any atom is 0.325 e. The second-order valence-electron chi connectivity index (χ2n) is 6.20. The van der Waals surface area contributed by atoms with E-state index in [1.165, 1.54) is 12.1 Å². The summed E-state index contributed by atoms with van der Waals surface area (Å²) in [5.41, 5.74) is 1.29. The zero-order valence-electron chi connectivity index (χ0n) is 16.9. The van der Waals surface area contributed by atoms with Gasteiger partial charge in [-0.3, -0.25) is 19.2 Å². The molecule has 0 saturated carbocycles. The minimum Gasteiger partial charge on any atom is -0.494 e. The zero-order chi connectivity index (χ0) is 21.9. The number of rotatable bonds is 10. The molecule has 0 spiro atoms. The van der Waals surface area contributed by atoms with Crippen LogP contribution < -0.4 is 15.4 Å². The Kier molecular flexibility index (Phi) is 8.56. The Morgan fingerprint density at radius 3 is 2.10 bits per heavy atom. The van der Waals surface area contributed by atoms with E-state index in [2.05, 4.69) is 10.6 Å². The largest absolute Gasteiger partial charge is 0.494 e. The highest BCUT2D eigenvalue weighted by Gasteiger charge is 2.12. The van der Waals surface area contributed by atoms with Crippen molar-refractivity contribution in [1.29, 1.82) is 0 Å². The SMILES string of the molecule is CCOc1ccc(C(=O)NCC(=O)OCC(=O)c2ccc(NC(=O)CC)cc2)cc1. The number of Topliss-reactive ketones (excluding diaryl/α,β-unsaturated/α-hetero) is 1. The molecule has 0 fully saturated rings. The molecule has 2 amide bonds. The van der Waals surface area contributed by atoms with Crippen molar-refractivity contribution < 1.29 is 28.7 Å². The highest BCUT2D eigenvalue weighted by atomic mass is 16.5. The fourth-order valence-electron chi connectivity index (χ4n) is 2.39. The van der Waals surface area contributed by atoms with Crippen molar-refractivity contribution in [3.8, 4) is 5.75 Å². The first-order valence-corrected chi connectivity index (χ1v) is 9.52. The van der Waals surface area contributed by atoms with Gasteiger partial charge in [0.2, 0.25) is 5.91 Å². The number of nitrogens with one attached hydrogen (secondary N) is 2. The Labute approximate surface area is 174 Å². The van der Waals surface area contributed by atoms with Crippen molar-refractivity contribution in [3.63, 3.8) is 0 Å². The number of ketones is 1. The Bertz CT molecular complexity index is 891. The molecule has 2 aromatic rings. The molecule has 0 aliphatic heterocycles. The lowest BCUT2D eigenvalue weighted by Crippen LogP contribution is -2.31. The van der Waals surface area contributed by atoms with E-state index in [-0.39, 0.29) is 12.5 Å². The molecule has 8 heteroatoms. The Hall–Kier alpha value is -3.68. The summed E-state index contributed by atoms with van der Waals surface area (Å²) in [7, 11) is 0. The molecule has 0 atom stereocenters. The minimum atomic E-state index is -0.727. The van der Waals surface area contributed by atoms with Crippen LogP contribution in [0.2, 0.25) is 0 Å². The van der Waals surface area contributed by atoms with Crippen molar-refractivity contribution in [2.24, 2.45) is 0 Å². The van der Waals surface area contributed by atoms with Crippen LogP contribution >= 0.6 is 0 Å². The molecule has 30 heavy (non-hydrogen) atoms. The smallest absolute Gasteiger partial charge is 0.325 e. The molecule has 0 aliphatic rings. The molecule has 0 unspecified atom stereocenters. The number of benzene rings is 2. The maximum atomic E-state index is 12.1.